The van der Waals surface area contributed by atoms with Gasteiger partial charge < -0.3 is 14.9 Å². The number of ether oxygens (including phenoxy) is 2. The summed E-state index contributed by atoms with van der Waals surface area (Å²) in [6, 6.07) is 0. The summed E-state index contributed by atoms with van der Waals surface area (Å²) in [5, 5.41) is 0. The molecule has 1 aromatic rings. The van der Waals surface area contributed by atoms with Gasteiger partial charge in [0.05, 0.1) is 18.9 Å². The monoisotopic (exact) mass is 224 g/mol. The van der Waals surface area contributed by atoms with Crippen LogP contribution in [0.1, 0.15) is 30.1 Å². The van der Waals surface area contributed by atoms with E-state index in [2.05, 4.69) is 15.4 Å². The van der Waals surface area contributed by atoms with Gasteiger partial charge in [-0.1, -0.05) is 0 Å². The van der Waals surface area contributed by atoms with Crippen molar-refractivity contribution in [3.63, 3.8) is 0 Å². The van der Waals surface area contributed by atoms with Gasteiger partial charge in [0.15, 0.2) is 5.82 Å². The minimum absolute atomic E-state index is 0.139. The van der Waals surface area contributed by atoms with E-state index in [1.54, 1.807) is 7.11 Å². The van der Waals surface area contributed by atoms with Crippen LogP contribution in [-0.4, -0.2) is 23.7 Å². The summed E-state index contributed by atoms with van der Waals surface area (Å²) >= 11 is 0. The van der Waals surface area contributed by atoms with Crippen molar-refractivity contribution in [1.82, 2.24) is 9.97 Å². The zero-order valence-electron chi connectivity index (χ0n) is 9.49. The van der Waals surface area contributed by atoms with E-state index in [4.69, 9.17) is 15.3 Å². The van der Waals surface area contributed by atoms with E-state index in [1.807, 2.05) is 6.92 Å². The maximum Gasteiger partial charge on any atom is 0.159 e. The highest BCUT2D eigenvalue weighted by Crippen LogP contribution is 2.24. The van der Waals surface area contributed by atoms with Gasteiger partial charge >= 0.3 is 0 Å². The molecule has 0 amide bonds. The number of nitrogens with zero attached hydrogens (tertiary/aromatic N) is 2. The summed E-state index contributed by atoms with van der Waals surface area (Å²) in [7, 11) is 1.63. The number of hydrazine groups is 1. The molecule has 2 rings (SSSR count). The summed E-state index contributed by atoms with van der Waals surface area (Å²) in [4.78, 5) is 8.80. The van der Waals surface area contributed by atoms with Gasteiger partial charge in [-0.15, -0.1) is 0 Å². The van der Waals surface area contributed by atoms with Crippen molar-refractivity contribution in [2.75, 3.05) is 19.1 Å². The van der Waals surface area contributed by atoms with Gasteiger partial charge in [0, 0.05) is 19.1 Å². The van der Waals surface area contributed by atoms with Crippen LogP contribution in [0, 0.1) is 0 Å². The Labute approximate surface area is 94.1 Å². The van der Waals surface area contributed by atoms with Crippen LogP contribution >= 0.6 is 0 Å². The minimum atomic E-state index is -0.139. The average molecular weight is 224 g/mol. The highest BCUT2D eigenvalue weighted by atomic mass is 16.5. The number of hydrogen-bond acceptors (Lipinski definition) is 6. The number of nitrogens with two attached hydrogens (primary N) is 1. The molecule has 0 fully saturated rings. The van der Waals surface area contributed by atoms with E-state index >= 15 is 0 Å². The number of aromatic nitrogens is 2. The predicted molar refractivity (Wildman–Crippen MR) is 58.6 cm³/mol. The average Bonchev–Trinajstić information content (AvgIpc) is 2.36. The summed E-state index contributed by atoms with van der Waals surface area (Å²) in [6.45, 7) is 3.10. The Morgan fingerprint density at radius 2 is 2.31 bits per heavy atom. The van der Waals surface area contributed by atoms with Crippen LogP contribution in [0.3, 0.4) is 0 Å². The summed E-state index contributed by atoms with van der Waals surface area (Å²) in [5.74, 6) is 6.73. The van der Waals surface area contributed by atoms with Crippen molar-refractivity contribution in [3.8, 4) is 0 Å². The lowest BCUT2D eigenvalue weighted by Gasteiger charge is -2.20. The number of fused-ring (bicyclic) bond motifs is 1. The Hall–Kier alpha value is -1.24. The molecule has 0 aliphatic carbocycles. The third-order valence-corrected chi connectivity index (χ3v) is 2.69. The molecule has 1 aromatic heterocycles. The molecule has 88 valence electrons. The minimum Gasteiger partial charge on any atom is -0.376 e. The SMILES string of the molecule is COC(C)c1nc2c(c(NN)n1)COCC2. The first-order valence-electron chi connectivity index (χ1n) is 5.23. The summed E-state index contributed by atoms with van der Waals surface area (Å²) in [6.07, 6.45) is 0.649. The Morgan fingerprint density at radius 1 is 1.50 bits per heavy atom. The maximum absolute atomic E-state index is 5.45. The van der Waals surface area contributed by atoms with Crippen LogP contribution in [0.5, 0.6) is 0 Å². The first kappa shape index (κ1) is 11.3. The summed E-state index contributed by atoms with van der Waals surface area (Å²) in [5.41, 5.74) is 4.53. The Bertz CT molecular complexity index is 366. The Kier molecular flexibility index (Phi) is 3.33. The van der Waals surface area contributed by atoms with Gasteiger partial charge in [0.1, 0.15) is 11.9 Å². The van der Waals surface area contributed by atoms with Crippen LogP contribution in [0.15, 0.2) is 0 Å². The van der Waals surface area contributed by atoms with E-state index in [0.717, 1.165) is 17.7 Å². The van der Waals surface area contributed by atoms with Gasteiger partial charge in [0.2, 0.25) is 0 Å². The Balaban J connectivity index is 2.43. The number of hydrogen-bond donors (Lipinski definition) is 2. The van der Waals surface area contributed by atoms with Crippen molar-refractivity contribution >= 4 is 5.82 Å². The lowest BCUT2D eigenvalue weighted by atomic mass is 10.1. The predicted octanol–water partition coefficient (Wildman–Crippen LogP) is 0.542. The lowest BCUT2D eigenvalue weighted by molar-refractivity contribution is 0.102. The molecule has 0 saturated carbocycles. The number of anilines is 1. The van der Waals surface area contributed by atoms with Crippen LogP contribution in [0.25, 0.3) is 0 Å². The molecule has 3 N–H and O–H groups in total. The molecule has 1 atom stereocenters. The van der Waals surface area contributed by atoms with Crippen LogP contribution in [0.4, 0.5) is 5.82 Å². The normalized spacial score (nSPS) is 16.7. The van der Waals surface area contributed by atoms with Gasteiger partial charge in [-0.05, 0) is 6.92 Å². The molecule has 0 spiro atoms. The van der Waals surface area contributed by atoms with Crippen molar-refractivity contribution in [1.29, 1.82) is 0 Å². The smallest absolute Gasteiger partial charge is 0.159 e. The first-order chi connectivity index (χ1) is 7.76. The highest BCUT2D eigenvalue weighted by molar-refractivity contribution is 5.46. The van der Waals surface area contributed by atoms with Gasteiger partial charge in [-0.25, -0.2) is 15.8 Å². The highest BCUT2D eigenvalue weighted by Gasteiger charge is 2.19. The molecular formula is C10H16N4O2. The second-order valence-electron chi connectivity index (χ2n) is 3.68. The van der Waals surface area contributed by atoms with Crippen molar-refractivity contribution < 1.29 is 9.47 Å². The molecule has 0 bridgehead atoms. The summed E-state index contributed by atoms with van der Waals surface area (Å²) < 4.78 is 10.6. The van der Waals surface area contributed by atoms with Crippen LogP contribution in [-0.2, 0) is 22.5 Å². The molecule has 6 heteroatoms. The van der Waals surface area contributed by atoms with Crippen molar-refractivity contribution in [2.45, 2.75) is 26.1 Å². The molecule has 1 aliphatic rings. The molecule has 6 nitrogen and oxygen atoms in total. The number of methoxy groups -OCH3 is 1. The second-order valence-corrected chi connectivity index (χ2v) is 3.68. The molecule has 0 aromatic carbocycles. The molecule has 2 heterocycles. The lowest BCUT2D eigenvalue weighted by Crippen LogP contribution is -2.21. The van der Waals surface area contributed by atoms with E-state index in [-0.39, 0.29) is 6.10 Å². The third kappa shape index (κ3) is 1.99. The Morgan fingerprint density at radius 3 is 3.00 bits per heavy atom. The van der Waals surface area contributed by atoms with Crippen molar-refractivity contribution in [2.24, 2.45) is 5.84 Å². The second kappa shape index (κ2) is 4.73. The zero-order chi connectivity index (χ0) is 11.5. The van der Waals surface area contributed by atoms with Crippen LogP contribution in [0.2, 0.25) is 0 Å². The zero-order valence-corrected chi connectivity index (χ0v) is 9.49. The molecule has 1 aliphatic heterocycles. The fraction of sp³-hybridized carbons (Fsp3) is 0.600. The van der Waals surface area contributed by atoms with E-state index in [0.29, 0.717) is 24.9 Å². The van der Waals surface area contributed by atoms with Gasteiger partial charge in [-0.3, -0.25) is 0 Å². The number of rotatable bonds is 3. The van der Waals surface area contributed by atoms with Gasteiger partial charge in [0.25, 0.3) is 0 Å². The van der Waals surface area contributed by atoms with Crippen molar-refractivity contribution in [3.05, 3.63) is 17.1 Å². The standard InChI is InChI=1S/C10H16N4O2/c1-6(15-2)9-12-8-3-4-16-5-7(8)10(13-9)14-11/h6H,3-5,11H2,1-2H3,(H,12,13,14). The maximum atomic E-state index is 5.45. The fourth-order valence-electron chi connectivity index (χ4n) is 1.66. The molecule has 16 heavy (non-hydrogen) atoms. The number of nitrogen functional groups attached to an aromatic ring is 1. The fourth-order valence-corrected chi connectivity index (χ4v) is 1.66. The third-order valence-electron chi connectivity index (χ3n) is 2.69. The molecular weight excluding hydrogens is 208 g/mol. The molecule has 1 unspecified atom stereocenters. The molecule has 0 saturated heterocycles. The first-order valence-corrected chi connectivity index (χ1v) is 5.23. The van der Waals surface area contributed by atoms with Gasteiger partial charge in [-0.2, -0.15) is 0 Å². The largest absolute Gasteiger partial charge is 0.376 e. The topological polar surface area (TPSA) is 82.3 Å². The number of nitrogens with one attached hydrogen (secondary N) is 1. The quantitative estimate of drug-likeness (QED) is 0.576. The van der Waals surface area contributed by atoms with Crippen LogP contribution < -0.4 is 11.3 Å². The van der Waals surface area contributed by atoms with E-state index < -0.39 is 0 Å². The van der Waals surface area contributed by atoms with E-state index in [1.165, 1.54) is 0 Å². The molecule has 0 radical (unpaired) electrons. The van der Waals surface area contributed by atoms with E-state index in [9.17, 15) is 0 Å².